The third-order valence-electron chi connectivity index (χ3n) is 2.83. The lowest BCUT2D eigenvalue weighted by molar-refractivity contribution is 0.104. The van der Waals surface area contributed by atoms with Gasteiger partial charge in [0.15, 0.2) is 0 Å². The standard InChI is InChI=1S/C14H21Cl2NO3/c1-2-11(18)5-6-17-8-12(19)9-20-14-4-3-10(15)7-13(14)16/h3-4,7,11-12,17-19H,2,5-6,8-9H2,1H3. The minimum atomic E-state index is -0.638. The molecular weight excluding hydrogens is 301 g/mol. The summed E-state index contributed by atoms with van der Waals surface area (Å²) in [5.41, 5.74) is 0. The van der Waals surface area contributed by atoms with E-state index in [2.05, 4.69) is 5.32 Å². The molecule has 1 rings (SSSR count). The number of nitrogens with one attached hydrogen (secondary N) is 1. The average molecular weight is 322 g/mol. The Morgan fingerprint density at radius 1 is 1.25 bits per heavy atom. The van der Waals surface area contributed by atoms with E-state index in [1.54, 1.807) is 18.2 Å². The summed E-state index contributed by atoms with van der Waals surface area (Å²) in [7, 11) is 0. The number of ether oxygens (including phenoxy) is 1. The van der Waals surface area contributed by atoms with Gasteiger partial charge in [-0.25, -0.2) is 0 Å². The van der Waals surface area contributed by atoms with Crippen LogP contribution < -0.4 is 10.1 Å². The summed E-state index contributed by atoms with van der Waals surface area (Å²) >= 11 is 11.7. The summed E-state index contributed by atoms with van der Waals surface area (Å²) in [5.74, 6) is 0.497. The van der Waals surface area contributed by atoms with Gasteiger partial charge >= 0.3 is 0 Å². The van der Waals surface area contributed by atoms with Gasteiger partial charge in [0.1, 0.15) is 18.5 Å². The average Bonchev–Trinajstić information content (AvgIpc) is 2.42. The van der Waals surface area contributed by atoms with E-state index in [9.17, 15) is 10.2 Å². The number of rotatable bonds is 9. The van der Waals surface area contributed by atoms with Crippen LogP contribution in [0.25, 0.3) is 0 Å². The zero-order chi connectivity index (χ0) is 15.0. The monoisotopic (exact) mass is 321 g/mol. The highest BCUT2D eigenvalue weighted by molar-refractivity contribution is 6.35. The largest absolute Gasteiger partial charge is 0.489 e. The van der Waals surface area contributed by atoms with Crippen LogP contribution in [0.2, 0.25) is 10.0 Å². The van der Waals surface area contributed by atoms with E-state index in [1.165, 1.54) is 0 Å². The number of aliphatic hydroxyl groups excluding tert-OH is 2. The quantitative estimate of drug-likeness (QED) is 0.611. The molecule has 0 spiro atoms. The molecule has 0 radical (unpaired) electrons. The van der Waals surface area contributed by atoms with Crippen molar-refractivity contribution in [2.75, 3.05) is 19.7 Å². The van der Waals surface area contributed by atoms with E-state index in [0.717, 1.165) is 6.42 Å². The third kappa shape index (κ3) is 6.77. The maximum absolute atomic E-state index is 9.76. The highest BCUT2D eigenvalue weighted by Gasteiger charge is 2.08. The molecule has 114 valence electrons. The normalized spacial score (nSPS) is 14.1. The first-order valence-electron chi connectivity index (χ1n) is 6.67. The molecule has 6 heteroatoms. The summed E-state index contributed by atoms with van der Waals surface area (Å²) in [4.78, 5) is 0. The third-order valence-corrected chi connectivity index (χ3v) is 3.36. The molecule has 0 saturated carbocycles. The van der Waals surface area contributed by atoms with E-state index in [1.807, 2.05) is 6.92 Å². The van der Waals surface area contributed by atoms with Gasteiger partial charge in [-0.05, 0) is 37.6 Å². The van der Waals surface area contributed by atoms with Gasteiger partial charge in [0.05, 0.1) is 11.1 Å². The minimum Gasteiger partial charge on any atom is -0.489 e. The lowest BCUT2D eigenvalue weighted by Crippen LogP contribution is -2.33. The Morgan fingerprint density at radius 2 is 2.00 bits per heavy atom. The Labute approximate surface area is 129 Å². The Morgan fingerprint density at radius 3 is 2.65 bits per heavy atom. The van der Waals surface area contributed by atoms with Crippen LogP contribution in [0, 0.1) is 0 Å². The van der Waals surface area contributed by atoms with Crippen molar-refractivity contribution in [3.05, 3.63) is 28.2 Å². The first-order chi connectivity index (χ1) is 9.52. The molecule has 1 aromatic carbocycles. The lowest BCUT2D eigenvalue weighted by Gasteiger charge is -2.15. The fourth-order valence-corrected chi connectivity index (χ4v) is 2.04. The van der Waals surface area contributed by atoms with Crippen LogP contribution >= 0.6 is 23.2 Å². The van der Waals surface area contributed by atoms with Gasteiger partial charge in [0, 0.05) is 11.6 Å². The Kier molecular flexibility index (Phi) is 8.26. The molecule has 0 bridgehead atoms. The van der Waals surface area contributed by atoms with Crippen molar-refractivity contribution in [2.24, 2.45) is 0 Å². The van der Waals surface area contributed by atoms with Gasteiger partial charge in [0.2, 0.25) is 0 Å². The van der Waals surface area contributed by atoms with Gasteiger partial charge in [-0.15, -0.1) is 0 Å². The van der Waals surface area contributed by atoms with Crippen molar-refractivity contribution in [2.45, 2.75) is 32.0 Å². The smallest absolute Gasteiger partial charge is 0.138 e. The maximum Gasteiger partial charge on any atom is 0.138 e. The Hall–Kier alpha value is -0.520. The van der Waals surface area contributed by atoms with Gasteiger partial charge in [-0.2, -0.15) is 0 Å². The molecule has 3 N–H and O–H groups in total. The second-order valence-electron chi connectivity index (χ2n) is 4.59. The predicted octanol–water partition coefficient (Wildman–Crippen LogP) is 2.48. The van der Waals surface area contributed by atoms with Crippen LogP contribution in [0.4, 0.5) is 0 Å². The van der Waals surface area contributed by atoms with Gasteiger partial charge in [-0.3, -0.25) is 0 Å². The van der Waals surface area contributed by atoms with Gasteiger partial charge in [0.25, 0.3) is 0 Å². The highest BCUT2D eigenvalue weighted by Crippen LogP contribution is 2.27. The molecule has 4 nitrogen and oxygen atoms in total. The Bertz CT molecular complexity index is 404. The molecule has 2 unspecified atom stereocenters. The molecule has 2 atom stereocenters. The zero-order valence-electron chi connectivity index (χ0n) is 11.5. The molecule has 0 heterocycles. The second-order valence-corrected chi connectivity index (χ2v) is 5.44. The maximum atomic E-state index is 9.76. The Balaban J connectivity index is 2.21. The van der Waals surface area contributed by atoms with Crippen molar-refractivity contribution < 1.29 is 14.9 Å². The molecule has 0 amide bonds. The van der Waals surface area contributed by atoms with Gasteiger partial charge < -0.3 is 20.3 Å². The second kappa shape index (κ2) is 9.42. The van der Waals surface area contributed by atoms with Crippen molar-refractivity contribution in [3.63, 3.8) is 0 Å². The van der Waals surface area contributed by atoms with E-state index in [4.69, 9.17) is 27.9 Å². The fraction of sp³-hybridized carbons (Fsp3) is 0.571. The van der Waals surface area contributed by atoms with Crippen molar-refractivity contribution in [1.29, 1.82) is 0 Å². The lowest BCUT2D eigenvalue weighted by atomic mass is 10.2. The minimum absolute atomic E-state index is 0.144. The number of aliphatic hydroxyl groups is 2. The van der Waals surface area contributed by atoms with E-state index < -0.39 is 6.10 Å². The first-order valence-corrected chi connectivity index (χ1v) is 7.43. The van der Waals surface area contributed by atoms with E-state index in [-0.39, 0.29) is 12.7 Å². The van der Waals surface area contributed by atoms with Crippen molar-refractivity contribution >= 4 is 23.2 Å². The molecule has 0 aliphatic rings. The SMILES string of the molecule is CCC(O)CCNCC(O)COc1ccc(Cl)cc1Cl. The first kappa shape index (κ1) is 17.5. The van der Waals surface area contributed by atoms with E-state index >= 15 is 0 Å². The molecular formula is C14H21Cl2NO3. The van der Waals surface area contributed by atoms with Crippen molar-refractivity contribution in [3.8, 4) is 5.75 Å². The summed E-state index contributed by atoms with van der Waals surface area (Å²) in [6, 6.07) is 4.94. The van der Waals surface area contributed by atoms with Crippen LogP contribution in [0.5, 0.6) is 5.75 Å². The number of hydrogen-bond acceptors (Lipinski definition) is 4. The van der Waals surface area contributed by atoms with Crippen LogP contribution in [0.1, 0.15) is 19.8 Å². The van der Waals surface area contributed by atoms with Crippen LogP contribution in [-0.4, -0.2) is 42.1 Å². The summed E-state index contributed by atoms with van der Waals surface area (Å²) < 4.78 is 5.42. The predicted molar refractivity (Wildman–Crippen MR) is 81.7 cm³/mol. The number of hydrogen-bond donors (Lipinski definition) is 3. The number of benzene rings is 1. The molecule has 0 aliphatic carbocycles. The van der Waals surface area contributed by atoms with Gasteiger partial charge in [-0.1, -0.05) is 30.1 Å². The molecule has 0 saturated heterocycles. The van der Waals surface area contributed by atoms with Crippen LogP contribution in [-0.2, 0) is 0 Å². The topological polar surface area (TPSA) is 61.7 Å². The summed E-state index contributed by atoms with van der Waals surface area (Å²) in [6.07, 6.45) is 0.486. The summed E-state index contributed by atoms with van der Waals surface area (Å²) in [5, 5.41) is 23.2. The molecule has 0 aromatic heterocycles. The number of halogens is 2. The molecule has 1 aromatic rings. The molecule has 0 aliphatic heterocycles. The fourth-order valence-electron chi connectivity index (χ4n) is 1.58. The molecule has 0 fully saturated rings. The zero-order valence-corrected chi connectivity index (χ0v) is 13.0. The van der Waals surface area contributed by atoms with Crippen LogP contribution in [0.15, 0.2) is 18.2 Å². The highest BCUT2D eigenvalue weighted by atomic mass is 35.5. The van der Waals surface area contributed by atoms with E-state index in [0.29, 0.717) is 35.3 Å². The van der Waals surface area contributed by atoms with Crippen molar-refractivity contribution in [1.82, 2.24) is 5.32 Å². The van der Waals surface area contributed by atoms with Crippen LogP contribution in [0.3, 0.4) is 0 Å². The molecule has 20 heavy (non-hydrogen) atoms. The summed E-state index contributed by atoms with van der Waals surface area (Å²) in [6.45, 7) is 3.14.